The lowest BCUT2D eigenvalue weighted by Crippen LogP contribution is -2.47. The minimum Gasteiger partial charge on any atom is -0.371 e. The van der Waals surface area contributed by atoms with Crippen LogP contribution in [-0.2, 0) is 11.8 Å². The van der Waals surface area contributed by atoms with Crippen LogP contribution < -0.4 is 26.4 Å². The molecule has 0 radical (unpaired) electrons. The van der Waals surface area contributed by atoms with Gasteiger partial charge >= 0.3 is 0 Å². The Labute approximate surface area is 202 Å². The van der Waals surface area contributed by atoms with Gasteiger partial charge in [-0.25, -0.2) is 9.37 Å². The molecule has 4 heterocycles. The summed E-state index contributed by atoms with van der Waals surface area (Å²) in [6.07, 6.45) is 3.39. The van der Waals surface area contributed by atoms with Crippen LogP contribution >= 0.6 is 0 Å². The van der Waals surface area contributed by atoms with Crippen molar-refractivity contribution in [2.45, 2.75) is 12.5 Å². The average molecular weight is 478 g/mol. The molecule has 182 valence electrons. The second-order valence-corrected chi connectivity index (χ2v) is 9.07. The fourth-order valence-electron chi connectivity index (χ4n) is 4.83. The highest BCUT2D eigenvalue weighted by atomic mass is 19.1. The molecule has 2 aliphatic heterocycles. The molecule has 2 fully saturated rings. The van der Waals surface area contributed by atoms with Gasteiger partial charge in [0.2, 0.25) is 11.9 Å². The number of nitrogens with one attached hydrogen (secondary N) is 1. The van der Waals surface area contributed by atoms with E-state index in [2.05, 4.69) is 49.4 Å². The van der Waals surface area contributed by atoms with Crippen molar-refractivity contribution < 1.29 is 9.18 Å². The second kappa shape index (κ2) is 9.46. The molecular formula is C25H28FN7O2. The number of pyridine rings is 1. The van der Waals surface area contributed by atoms with Gasteiger partial charge in [0.25, 0.3) is 5.56 Å². The van der Waals surface area contributed by atoms with Crippen LogP contribution in [0.2, 0.25) is 0 Å². The van der Waals surface area contributed by atoms with Crippen molar-refractivity contribution in [2.75, 3.05) is 42.5 Å². The van der Waals surface area contributed by atoms with E-state index in [0.717, 1.165) is 30.4 Å². The van der Waals surface area contributed by atoms with Crippen molar-refractivity contribution in [3.05, 3.63) is 70.5 Å². The Morgan fingerprint density at radius 3 is 2.66 bits per heavy atom. The maximum absolute atomic E-state index is 14.3. The number of carbonyl (C=O) groups is 1. The lowest BCUT2D eigenvalue weighted by Gasteiger charge is -2.35. The van der Waals surface area contributed by atoms with Crippen LogP contribution in [0.3, 0.4) is 0 Å². The number of halogens is 1. The van der Waals surface area contributed by atoms with Gasteiger partial charge < -0.3 is 20.9 Å². The van der Waals surface area contributed by atoms with Crippen molar-refractivity contribution in [2.24, 2.45) is 18.7 Å². The molecule has 5 rings (SSSR count). The standard InChI is InChI=1S/C25H28FN7O2/c1-31-23(34)12-21(19-6-8-28-13-20(19)26)30-25(31)33-11-9-29-22(15-33)16-2-4-18(5-3-16)32-10-7-17(14-32)24(27)35/h2-6,8,12-13,17,22,29H,7,9-11,14-15H2,1H3,(H2,27,35)/t17-,22+/m0/s1. The van der Waals surface area contributed by atoms with Crippen LogP contribution in [0.5, 0.6) is 0 Å². The Bertz CT molecular complexity index is 1290. The number of piperazine rings is 1. The number of primary amides is 1. The third-order valence-electron chi connectivity index (χ3n) is 6.87. The smallest absolute Gasteiger partial charge is 0.255 e. The first-order valence-electron chi connectivity index (χ1n) is 11.7. The Kier molecular flexibility index (Phi) is 6.21. The maximum atomic E-state index is 14.3. The molecule has 3 N–H and O–H groups in total. The quantitative estimate of drug-likeness (QED) is 0.572. The van der Waals surface area contributed by atoms with E-state index < -0.39 is 5.82 Å². The zero-order valence-electron chi connectivity index (χ0n) is 19.5. The van der Waals surface area contributed by atoms with Crippen LogP contribution in [0.15, 0.2) is 53.6 Å². The lowest BCUT2D eigenvalue weighted by atomic mass is 10.0. The number of nitrogens with zero attached hydrogens (tertiary/aromatic N) is 5. The SMILES string of the molecule is Cn1c(N2CCN[C@@H](c3ccc(N4CC[C@H](C(N)=O)C4)cc3)C2)nc(-c2ccncc2F)cc1=O. The molecule has 2 aliphatic rings. The minimum atomic E-state index is -0.516. The molecule has 2 atom stereocenters. The molecule has 2 aromatic heterocycles. The number of rotatable bonds is 5. The van der Waals surface area contributed by atoms with Gasteiger partial charge in [-0.05, 0) is 30.2 Å². The van der Waals surface area contributed by atoms with Crippen LogP contribution in [0.25, 0.3) is 11.3 Å². The number of carbonyl (C=O) groups excluding carboxylic acids is 1. The summed E-state index contributed by atoms with van der Waals surface area (Å²) in [7, 11) is 1.68. The van der Waals surface area contributed by atoms with Gasteiger partial charge in [-0.2, -0.15) is 0 Å². The fraction of sp³-hybridized carbons (Fsp3) is 0.360. The average Bonchev–Trinajstić information content (AvgIpc) is 3.37. The van der Waals surface area contributed by atoms with Crippen molar-refractivity contribution >= 4 is 17.5 Å². The van der Waals surface area contributed by atoms with Gasteiger partial charge in [-0.1, -0.05) is 12.1 Å². The first-order chi connectivity index (χ1) is 16.9. The minimum absolute atomic E-state index is 0.0352. The highest BCUT2D eigenvalue weighted by molar-refractivity contribution is 5.78. The second-order valence-electron chi connectivity index (χ2n) is 9.07. The summed E-state index contributed by atoms with van der Waals surface area (Å²) in [6, 6.07) is 11.2. The van der Waals surface area contributed by atoms with E-state index in [1.807, 2.05) is 0 Å². The van der Waals surface area contributed by atoms with Crippen LogP contribution in [-0.4, -0.2) is 53.2 Å². The molecule has 9 nitrogen and oxygen atoms in total. The predicted molar refractivity (Wildman–Crippen MR) is 132 cm³/mol. The van der Waals surface area contributed by atoms with Gasteiger partial charge in [0.15, 0.2) is 5.82 Å². The highest BCUT2D eigenvalue weighted by Gasteiger charge is 2.28. The molecule has 0 unspecified atom stereocenters. The number of aromatic nitrogens is 3. The maximum Gasteiger partial charge on any atom is 0.255 e. The molecule has 0 spiro atoms. The summed E-state index contributed by atoms with van der Waals surface area (Å²) in [5.41, 5.74) is 7.95. The van der Waals surface area contributed by atoms with E-state index in [-0.39, 0.29) is 29.0 Å². The fourth-order valence-corrected chi connectivity index (χ4v) is 4.83. The molecule has 35 heavy (non-hydrogen) atoms. The van der Waals surface area contributed by atoms with Crippen LogP contribution in [0.4, 0.5) is 16.0 Å². The molecule has 2 saturated heterocycles. The third-order valence-corrected chi connectivity index (χ3v) is 6.87. The Morgan fingerprint density at radius 1 is 1.14 bits per heavy atom. The van der Waals surface area contributed by atoms with Crippen molar-refractivity contribution in [3.63, 3.8) is 0 Å². The van der Waals surface area contributed by atoms with Crippen LogP contribution in [0, 0.1) is 11.7 Å². The van der Waals surface area contributed by atoms with E-state index >= 15 is 0 Å². The molecular weight excluding hydrogens is 449 g/mol. The molecule has 0 aliphatic carbocycles. The zero-order chi connectivity index (χ0) is 24.5. The molecule has 1 aromatic carbocycles. The van der Waals surface area contributed by atoms with Gasteiger partial charge in [-0.15, -0.1) is 0 Å². The Hall–Kier alpha value is -3.79. The highest BCUT2D eigenvalue weighted by Crippen LogP contribution is 2.28. The summed E-state index contributed by atoms with van der Waals surface area (Å²) >= 11 is 0. The van der Waals surface area contributed by atoms with E-state index in [4.69, 9.17) is 5.73 Å². The number of hydrogen-bond donors (Lipinski definition) is 2. The lowest BCUT2D eigenvalue weighted by molar-refractivity contribution is -0.121. The number of nitrogens with two attached hydrogens (primary N) is 1. The Morgan fingerprint density at radius 2 is 1.94 bits per heavy atom. The molecule has 0 bridgehead atoms. The number of amides is 1. The topological polar surface area (TPSA) is 109 Å². The largest absolute Gasteiger partial charge is 0.371 e. The number of hydrogen-bond acceptors (Lipinski definition) is 7. The summed E-state index contributed by atoms with van der Waals surface area (Å²) in [5, 5.41) is 3.54. The summed E-state index contributed by atoms with van der Waals surface area (Å²) in [5.74, 6) is -0.354. The van der Waals surface area contributed by atoms with Crippen molar-refractivity contribution in [1.29, 1.82) is 0 Å². The van der Waals surface area contributed by atoms with Gasteiger partial charge in [-0.3, -0.25) is 19.1 Å². The van der Waals surface area contributed by atoms with Crippen LogP contribution in [0.1, 0.15) is 18.0 Å². The molecule has 10 heteroatoms. The predicted octanol–water partition coefficient (Wildman–Crippen LogP) is 1.44. The third kappa shape index (κ3) is 4.61. The van der Waals surface area contributed by atoms with Gasteiger partial charge in [0.1, 0.15) is 0 Å². The van der Waals surface area contributed by atoms with Crippen molar-refractivity contribution in [1.82, 2.24) is 19.9 Å². The molecule has 3 aromatic rings. The zero-order valence-corrected chi connectivity index (χ0v) is 19.5. The summed E-state index contributed by atoms with van der Waals surface area (Å²) in [6.45, 7) is 3.45. The monoisotopic (exact) mass is 477 g/mol. The normalized spacial score (nSPS) is 20.3. The Balaban J connectivity index is 1.36. The summed E-state index contributed by atoms with van der Waals surface area (Å²) in [4.78, 5) is 36.8. The molecule has 0 saturated carbocycles. The van der Waals surface area contributed by atoms with E-state index in [9.17, 15) is 14.0 Å². The molecule has 1 amide bonds. The summed E-state index contributed by atoms with van der Waals surface area (Å²) < 4.78 is 15.8. The first-order valence-corrected chi connectivity index (χ1v) is 11.7. The number of anilines is 2. The van der Waals surface area contributed by atoms with Crippen molar-refractivity contribution in [3.8, 4) is 11.3 Å². The number of benzene rings is 1. The van der Waals surface area contributed by atoms with E-state index in [1.54, 1.807) is 7.05 Å². The van der Waals surface area contributed by atoms with Gasteiger partial charge in [0.05, 0.1) is 17.8 Å². The first kappa shape index (κ1) is 23.0. The van der Waals surface area contributed by atoms with Gasteiger partial charge in [0, 0.05) is 69.3 Å². The van der Waals surface area contributed by atoms with E-state index in [1.165, 1.54) is 22.9 Å². The van der Waals surface area contributed by atoms with E-state index in [0.29, 0.717) is 37.8 Å².